The summed E-state index contributed by atoms with van der Waals surface area (Å²) in [5.74, 6) is -1.06. The summed E-state index contributed by atoms with van der Waals surface area (Å²) in [5, 5.41) is 2.69. The fraction of sp³-hybridized carbons (Fsp3) is 0.526. The molecule has 1 fully saturated rings. The molecule has 0 saturated carbocycles. The largest absolute Gasteiger partial charge is 0.455 e. The number of nitrogens with zero attached hydrogens (tertiary/aromatic N) is 1. The molecule has 1 heterocycles. The summed E-state index contributed by atoms with van der Waals surface area (Å²) in [6, 6.07) is 9.60. The van der Waals surface area contributed by atoms with Crippen LogP contribution in [0.25, 0.3) is 0 Å². The van der Waals surface area contributed by atoms with Gasteiger partial charge in [-0.3, -0.25) is 14.4 Å². The number of carbonyl (C=O) groups excluding carboxylic acids is 3. The highest BCUT2D eigenvalue weighted by atomic mass is 16.5. The van der Waals surface area contributed by atoms with Gasteiger partial charge in [0, 0.05) is 19.5 Å². The highest BCUT2D eigenvalue weighted by molar-refractivity contribution is 5.88. The molecule has 6 nitrogen and oxygen atoms in total. The molecule has 0 aromatic heterocycles. The van der Waals surface area contributed by atoms with Crippen molar-refractivity contribution in [3.05, 3.63) is 35.9 Å². The number of nitrogens with one attached hydrogen (secondary N) is 1. The Balaban J connectivity index is 1.85. The second-order valence-corrected chi connectivity index (χ2v) is 6.84. The summed E-state index contributed by atoms with van der Waals surface area (Å²) in [6.07, 6.45) is 0.129. The van der Waals surface area contributed by atoms with Crippen molar-refractivity contribution in [1.82, 2.24) is 10.2 Å². The van der Waals surface area contributed by atoms with Gasteiger partial charge in [-0.25, -0.2) is 0 Å². The Kier molecular flexibility index (Phi) is 6.56. The SMILES string of the molecule is CC(C)CNC(=O)COC(=O)[C@@H]1CC(=O)N([C@@H](C)c2ccccc2)C1. The minimum Gasteiger partial charge on any atom is -0.455 e. The average molecular weight is 346 g/mol. The van der Waals surface area contributed by atoms with Crippen molar-refractivity contribution < 1.29 is 19.1 Å². The van der Waals surface area contributed by atoms with Crippen LogP contribution in [0.3, 0.4) is 0 Å². The summed E-state index contributed by atoms with van der Waals surface area (Å²) >= 11 is 0. The molecule has 0 radical (unpaired) electrons. The van der Waals surface area contributed by atoms with E-state index in [0.29, 0.717) is 19.0 Å². The minimum absolute atomic E-state index is 0.0671. The van der Waals surface area contributed by atoms with E-state index in [-0.39, 0.29) is 30.9 Å². The molecule has 6 heteroatoms. The zero-order valence-electron chi connectivity index (χ0n) is 15.0. The first kappa shape index (κ1) is 19.0. The Hall–Kier alpha value is -2.37. The molecule has 1 saturated heterocycles. The van der Waals surface area contributed by atoms with Crippen molar-refractivity contribution >= 4 is 17.8 Å². The zero-order valence-corrected chi connectivity index (χ0v) is 15.0. The summed E-state index contributed by atoms with van der Waals surface area (Å²) < 4.78 is 5.07. The van der Waals surface area contributed by atoms with Crippen LogP contribution < -0.4 is 5.32 Å². The number of esters is 1. The zero-order chi connectivity index (χ0) is 18.4. The number of amides is 2. The molecule has 2 atom stereocenters. The van der Waals surface area contributed by atoms with Crippen molar-refractivity contribution in [3.63, 3.8) is 0 Å². The Morgan fingerprint density at radius 1 is 1.24 bits per heavy atom. The minimum atomic E-state index is -0.517. The van der Waals surface area contributed by atoms with Gasteiger partial charge in [-0.05, 0) is 18.4 Å². The normalized spacial score (nSPS) is 18.3. The van der Waals surface area contributed by atoms with E-state index >= 15 is 0 Å². The Morgan fingerprint density at radius 3 is 2.56 bits per heavy atom. The second-order valence-electron chi connectivity index (χ2n) is 6.84. The molecule has 0 bridgehead atoms. The highest BCUT2D eigenvalue weighted by Gasteiger charge is 2.38. The molecule has 2 amide bonds. The summed E-state index contributed by atoms with van der Waals surface area (Å²) in [6.45, 7) is 6.48. The van der Waals surface area contributed by atoms with Crippen LogP contribution in [-0.2, 0) is 19.1 Å². The van der Waals surface area contributed by atoms with Crippen molar-refractivity contribution in [2.45, 2.75) is 33.2 Å². The van der Waals surface area contributed by atoms with Gasteiger partial charge in [0.05, 0.1) is 12.0 Å². The quantitative estimate of drug-likeness (QED) is 0.765. The Bertz CT molecular complexity index is 615. The maximum atomic E-state index is 12.3. The predicted molar refractivity (Wildman–Crippen MR) is 93.5 cm³/mol. The van der Waals surface area contributed by atoms with Crippen LogP contribution in [0.5, 0.6) is 0 Å². The van der Waals surface area contributed by atoms with Crippen molar-refractivity contribution in [1.29, 1.82) is 0 Å². The predicted octanol–water partition coefficient (Wildman–Crippen LogP) is 1.91. The maximum Gasteiger partial charge on any atom is 0.311 e. The van der Waals surface area contributed by atoms with E-state index in [9.17, 15) is 14.4 Å². The van der Waals surface area contributed by atoms with Gasteiger partial charge in [0.15, 0.2) is 6.61 Å². The van der Waals surface area contributed by atoms with Crippen LogP contribution in [0.4, 0.5) is 0 Å². The van der Waals surface area contributed by atoms with Crippen LogP contribution in [0, 0.1) is 11.8 Å². The van der Waals surface area contributed by atoms with Crippen LogP contribution >= 0.6 is 0 Å². The van der Waals surface area contributed by atoms with Gasteiger partial charge in [0.1, 0.15) is 0 Å². The van der Waals surface area contributed by atoms with Crippen LogP contribution in [-0.4, -0.2) is 42.4 Å². The lowest BCUT2D eigenvalue weighted by Crippen LogP contribution is -2.33. The monoisotopic (exact) mass is 346 g/mol. The molecule has 1 N–H and O–H groups in total. The van der Waals surface area contributed by atoms with E-state index in [1.165, 1.54) is 0 Å². The lowest BCUT2D eigenvalue weighted by molar-refractivity contribution is -0.152. The first-order valence-electron chi connectivity index (χ1n) is 8.66. The molecule has 0 aliphatic carbocycles. The molecule has 0 unspecified atom stereocenters. The van der Waals surface area contributed by atoms with Gasteiger partial charge < -0.3 is 15.0 Å². The van der Waals surface area contributed by atoms with E-state index in [0.717, 1.165) is 5.56 Å². The van der Waals surface area contributed by atoms with Gasteiger partial charge in [0.25, 0.3) is 5.91 Å². The first-order valence-corrected chi connectivity index (χ1v) is 8.66. The van der Waals surface area contributed by atoms with Crippen molar-refractivity contribution in [2.75, 3.05) is 19.7 Å². The molecular formula is C19H26N2O4. The Morgan fingerprint density at radius 2 is 1.92 bits per heavy atom. The highest BCUT2D eigenvalue weighted by Crippen LogP contribution is 2.28. The van der Waals surface area contributed by atoms with Gasteiger partial charge in [-0.2, -0.15) is 0 Å². The molecule has 0 spiro atoms. The number of benzene rings is 1. The number of likely N-dealkylation sites (tertiary alicyclic amines) is 1. The molecule has 1 aromatic carbocycles. The second kappa shape index (κ2) is 8.65. The smallest absolute Gasteiger partial charge is 0.311 e. The summed E-state index contributed by atoms with van der Waals surface area (Å²) in [7, 11) is 0. The molecule has 25 heavy (non-hydrogen) atoms. The summed E-state index contributed by atoms with van der Waals surface area (Å²) in [4.78, 5) is 37.7. The van der Waals surface area contributed by atoms with E-state index in [2.05, 4.69) is 5.32 Å². The molecule has 1 aromatic rings. The first-order chi connectivity index (χ1) is 11.9. The van der Waals surface area contributed by atoms with Gasteiger partial charge in [0.2, 0.25) is 5.91 Å². The third-order valence-corrected chi connectivity index (χ3v) is 4.29. The van der Waals surface area contributed by atoms with Gasteiger partial charge >= 0.3 is 5.97 Å². The van der Waals surface area contributed by atoms with Crippen molar-refractivity contribution in [3.8, 4) is 0 Å². The maximum absolute atomic E-state index is 12.3. The topological polar surface area (TPSA) is 75.7 Å². The fourth-order valence-electron chi connectivity index (χ4n) is 2.80. The molecule has 136 valence electrons. The van der Waals surface area contributed by atoms with E-state index in [1.807, 2.05) is 51.1 Å². The van der Waals surface area contributed by atoms with Crippen LogP contribution in [0.15, 0.2) is 30.3 Å². The number of rotatable bonds is 7. The van der Waals surface area contributed by atoms with E-state index in [4.69, 9.17) is 4.74 Å². The van der Waals surface area contributed by atoms with Crippen LogP contribution in [0.1, 0.15) is 38.8 Å². The average Bonchev–Trinajstić information content (AvgIpc) is 2.99. The molecule has 1 aliphatic rings. The third kappa shape index (κ3) is 5.31. The van der Waals surface area contributed by atoms with Gasteiger partial charge in [-0.1, -0.05) is 44.2 Å². The third-order valence-electron chi connectivity index (χ3n) is 4.29. The number of carbonyl (C=O) groups is 3. The van der Waals surface area contributed by atoms with Crippen molar-refractivity contribution in [2.24, 2.45) is 11.8 Å². The number of hydrogen-bond donors (Lipinski definition) is 1. The van der Waals surface area contributed by atoms with E-state index < -0.39 is 11.9 Å². The molecule has 1 aliphatic heterocycles. The number of hydrogen-bond acceptors (Lipinski definition) is 4. The fourth-order valence-corrected chi connectivity index (χ4v) is 2.80. The van der Waals surface area contributed by atoms with Gasteiger partial charge in [-0.15, -0.1) is 0 Å². The molecular weight excluding hydrogens is 320 g/mol. The standard InChI is InChI=1S/C19H26N2O4/c1-13(2)10-20-17(22)12-25-19(24)16-9-18(23)21(11-16)14(3)15-7-5-4-6-8-15/h4-8,13-14,16H,9-12H2,1-3H3,(H,20,22)/t14-,16+/m0/s1. The summed E-state index contributed by atoms with van der Waals surface area (Å²) in [5.41, 5.74) is 1.03. The number of ether oxygens (including phenoxy) is 1. The lowest BCUT2D eigenvalue weighted by atomic mass is 10.1. The lowest BCUT2D eigenvalue weighted by Gasteiger charge is -2.25. The Labute approximate surface area is 148 Å². The van der Waals surface area contributed by atoms with E-state index in [1.54, 1.807) is 4.90 Å². The molecule has 2 rings (SSSR count). The van der Waals surface area contributed by atoms with Crippen LogP contribution in [0.2, 0.25) is 0 Å².